The van der Waals surface area contributed by atoms with Crippen LogP contribution in [0, 0.1) is 0 Å². The van der Waals surface area contributed by atoms with E-state index in [4.69, 9.17) is 4.42 Å². The third-order valence-electron chi connectivity index (χ3n) is 14.0. The van der Waals surface area contributed by atoms with Crippen molar-refractivity contribution in [3.05, 3.63) is 253 Å². The normalized spacial score (nSPS) is 13.1. The van der Waals surface area contributed by atoms with Gasteiger partial charge >= 0.3 is 0 Å². The zero-order valence-corrected chi connectivity index (χ0v) is 34.7. The molecule has 3 nitrogen and oxygen atoms in total. The first kappa shape index (κ1) is 35.2. The fourth-order valence-electron chi connectivity index (χ4n) is 11.3. The quantitative estimate of drug-likeness (QED) is 0.167. The fraction of sp³-hybridized carbons (Fsp3) is 0.0164. The van der Waals surface area contributed by atoms with Crippen molar-refractivity contribution in [3.8, 4) is 39.1 Å². The molecular weight excluding hydrogens is 777 g/mol. The zero-order valence-electron chi connectivity index (χ0n) is 34.7. The van der Waals surface area contributed by atoms with Gasteiger partial charge in [0.05, 0.1) is 22.1 Å². The van der Waals surface area contributed by atoms with E-state index in [0.717, 1.165) is 39.0 Å². The summed E-state index contributed by atoms with van der Waals surface area (Å²) in [5, 5.41) is 4.66. The van der Waals surface area contributed by atoms with E-state index in [0.29, 0.717) is 0 Å². The average molecular weight is 815 g/mol. The minimum atomic E-state index is -0.505. The highest BCUT2D eigenvalue weighted by Gasteiger charge is 2.49. The first-order valence-corrected chi connectivity index (χ1v) is 22.1. The largest absolute Gasteiger partial charge is 0.456 e. The third-order valence-corrected chi connectivity index (χ3v) is 14.0. The Morgan fingerprint density at radius 3 is 1.75 bits per heavy atom. The second-order valence-corrected chi connectivity index (χ2v) is 17.2. The van der Waals surface area contributed by atoms with Gasteiger partial charge in [0, 0.05) is 49.7 Å². The molecule has 0 fully saturated rings. The van der Waals surface area contributed by atoms with Crippen molar-refractivity contribution in [2.45, 2.75) is 5.41 Å². The maximum atomic E-state index is 6.33. The van der Waals surface area contributed by atoms with Crippen molar-refractivity contribution in [1.82, 2.24) is 4.57 Å². The van der Waals surface area contributed by atoms with Gasteiger partial charge in [-0.05, 0) is 105 Å². The molecular formula is C61H38N2O. The van der Waals surface area contributed by atoms with E-state index in [9.17, 15) is 0 Å². The van der Waals surface area contributed by atoms with Gasteiger partial charge in [0.15, 0.2) is 0 Å². The molecule has 0 spiro atoms. The Hall–Kier alpha value is -8.40. The molecule has 1 aliphatic heterocycles. The van der Waals surface area contributed by atoms with Crippen LogP contribution in [0.5, 0.6) is 0 Å². The van der Waals surface area contributed by atoms with Gasteiger partial charge in [-0.1, -0.05) is 170 Å². The maximum Gasteiger partial charge on any atom is 0.135 e. The first-order chi connectivity index (χ1) is 31.8. The van der Waals surface area contributed by atoms with Gasteiger partial charge in [0.2, 0.25) is 0 Å². The molecule has 12 aromatic rings. The van der Waals surface area contributed by atoms with Crippen LogP contribution >= 0.6 is 0 Å². The second-order valence-electron chi connectivity index (χ2n) is 17.2. The van der Waals surface area contributed by atoms with E-state index >= 15 is 0 Å². The van der Waals surface area contributed by atoms with Crippen LogP contribution in [0.2, 0.25) is 0 Å². The molecule has 14 rings (SSSR count). The fourth-order valence-corrected chi connectivity index (χ4v) is 11.3. The predicted molar refractivity (Wildman–Crippen MR) is 264 cm³/mol. The smallest absolute Gasteiger partial charge is 0.135 e. The van der Waals surface area contributed by atoms with Crippen molar-refractivity contribution in [2.75, 3.05) is 4.90 Å². The van der Waals surface area contributed by atoms with Crippen molar-refractivity contribution in [1.29, 1.82) is 0 Å². The van der Waals surface area contributed by atoms with E-state index in [1.807, 2.05) is 12.1 Å². The maximum absolute atomic E-state index is 6.33. The lowest BCUT2D eigenvalue weighted by Crippen LogP contribution is -2.28. The van der Waals surface area contributed by atoms with Crippen LogP contribution in [0.15, 0.2) is 235 Å². The SMILES string of the molecule is c1ccc(-c2ccc(N(c3ccc4oc5ccccc5c4c3)c3ccc4c(c3)c3ccc5c6c3n4-c3ccccc3-c3cccc(c3-6)C5(c3ccccc3)c3ccccc3)cc2)cc1. The number of anilines is 3. The van der Waals surface area contributed by atoms with E-state index in [1.165, 1.54) is 83.1 Å². The monoisotopic (exact) mass is 814 g/mol. The molecule has 0 unspecified atom stereocenters. The van der Waals surface area contributed by atoms with E-state index in [1.54, 1.807) is 0 Å². The minimum absolute atomic E-state index is 0.505. The van der Waals surface area contributed by atoms with E-state index < -0.39 is 5.41 Å². The summed E-state index contributed by atoms with van der Waals surface area (Å²) in [6, 6.07) is 84.6. The van der Waals surface area contributed by atoms with Crippen molar-refractivity contribution in [2.24, 2.45) is 0 Å². The number of benzene rings is 10. The van der Waals surface area contributed by atoms with Crippen molar-refractivity contribution >= 4 is 60.8 Å². The van der Waals surface area contributed by atoms with Crippen molar-refractivity contribution in [3.63, 3.8) is 0 Å². The number of para-hydroxylation sites is 2. The number of hydrogen-bond donors (Lipinski definition) is 0. The van der Waals surface area contributed by atoms with Gasteiger partial charge in [-0.25, -0.2) is 0 Å². The Balaban J connectivity index is 1.06. The topological polar surface area (TPSA) is 21.3 Å². The van der Waals surface area contributed by atoms with Gasteiger partial charge < -0.3 is 13.9 Å². The molecule has 0 N–H and O–H groups in total. The van der Waals surface area contributed by atoms with Crippen LogP contribution in [0.3, 0.4) is 0 Å². The number of rotatable bonds is 6. The Bertz CT molecular complexity index is 3790. The second kappa shape index (κ2) is 13.3. The van der Waals surface area contributed by atoms with Crippen LogP contribution in [0.25, 0.3) is 82.8 Å². The Morgan fingerprint density at radius 1 is 0.375 bits per heavy atom. The first-order valence-electron chi connectivity index (χ1n) is 22.1. The summed E-state index contributed by atoms with van der Waals surface area (Å²) in [7, 11) is 0. The molecule has 3 heterocycles. The summed E-state index contributed by atoms with van der Waals surface area (Å²) in [5.41, 5.74) is 20.8. The molecule has 0 saturated carbocycles. The molecule has 3 heteroatoms. The predicted octanol–water partition coefficient (Wildman–Crippen LogP) is 16.2. The van der Waals surface area contributed by atoms with Crippen LogP contribution in [0.1, 0.15) is 22.3 Å². The third kappa shape index (κ3) is 4.76. The van der Waals surface area contributed by atoms with Gasteiger partial charge in [0.1, 0.15) is 11.2 Å². The molecule has 298 valence electrons. The molecule has 0 bridgehead atoms. The summed E-state index contributed by atoms with van der Waals surface area (Å²) in [4.78, 5) is 2.40. The van der Waals surface area contributed by atoms with E-state index in [2.05, 4.69) is 228 Å². The Kier molecular flexibility index (Phi) is 7.32. The number of furan rings is 1. The van der Waals surface area contributed by atoms with Crippen LogP contribution in [-0.4, -0.2) is 4.57 Å². The lowest BCUT2D eigenvalue weighted by Gasteiger charge is -2.34. The highest BCUT2D eigenvalue weighted by molar-refractivity contribution is 6.20. The lowest BCUT2D eigenvalue weighted by molar-refractivity contribution is 0.669. The molecule has 2 aliphatic rings. The van der Waals surface area contributed by atoms with Gasteiger partial charge in [-0.3, -0.25) is 0 Å². The Labute approximate surface area is 370 Å². The molecule has 0 saturated heterocycles. The highest BCUT2D eigenvalue weighted by Crippen LogP contribution is 2.62. The zero-order chi connectivity index (χ0) is 41.9. The van der Waals surface area contributed by atoms with Crippen LogP contribution < -0.4 is 4.90 Å². The molecule has 0 atom stereocenters. The minimum Gasteiger partial charge on any atom is -0.456 e. The number of nitrogens with zero attached hydrogens (tertiary/aromatic N) is 2. The molecule has 1 aliphatic carbocycles. The molecule has 0 radical (unpaired) electrons. The molecule has 10 aromatic carbocycles. The average Bonchev–Trinajstić information content (AvgIpc) is 3.98. The highest BCUT2D eigenvalue weighted by atomic mass is 16.3. The summed E-state index contributed by atoms with van der Waals surface area (Å²) >= 11 is 0. The van der Waals surface area contributed by atoms with Gasteiger partial charge in [-0.2, -0.15) is 0 Å². The van der Waals surface area contributed by atoms with Gasteiger partial charge in [0.25, 0.3) is 0 Å². The molecule has 0 amide bonds. The molecule has 64 heavy (non-hydrogen) atoms. The number of hydrogen-bond acceptors (Lipinski definition) is 2. The summed E-state index contributed by atoms with van der Waals surface area (Å²) in [5.74, 6) is 0. The lowest BCUT2D eigenvalue weighted by atomic mass is 9.67. The molecule has 2 aromatic heterocycles. The number of fused-ring (bicyclic) bond motifs is 9. The standard InChI is InChI=1S/C61H38N2O/c1-4-15-39(16-5-1)40-27-29-43(30-28-40)62(45-32-36-57-51(38-45)47-22-11-13-26-56(47)64-57)44-31-35-55-50(37-44)49-33-34-53-59-58-48(46-21-10-12-25-54(46)63(55)60(49)59)23-14-24-52(58)61(53,41-17-6-2-7-18-41)42-19-8-3-9-20-42/h1-38H. The number of aromatic nitrogens is 1. The van der Waals surface area contributed by atoms with Crippen LogP contribution in [0.4, 0.5) is 17.1 Å². The summed E-state index contributed by atoms with van der Waals surface area (Å²) < 4.78 is 8.89. The van der Waals surface area contributed by atoms with Crippen LogP contribution in [-0.2, 0) is 5.41 Å². The van der Waals surface area contributed by atoms with Gasteiger partial charge in [-0.15, -0.1) is 0 Å². The summed E-state index contributed by atoms with van der Waals surface area (Å²) in [6.07, 6.45) is 0. The Morgan fingerprint density at radius 2 is 0.969 bits per heavy atom. The van der Waals surface area contributed by atoms with E-state index in [-0.39, 0.29) is 0 Å². The van der Waals surface area contributed by atoms with Crippen molar-refractivity contribution < 1.29 is 4.42 Å². The summed E-state index contributed by atoms with van der Waals surface area (Å²) in [6.45, 7) is 0.